The molecule has 0 bridgehead atoms. The number of sulfone groups is 1. The number of amides is 2. The van der Waals surface area contributed by atoms with Crippen LogP contribution in [0.15, 0.2) is 52.3 Å². The second kappa shape index (κ2) is 9.66. The molecule has 0 aliphatic carbocycles. The van der Waals surface area contributed by atoms with E-state index in [-0.39, 0.29) is 34.1 Å². The van der Waals surface area contributed by atoms with E-state index >= 15 is 0 Å². The molecule has 0 saturated heterocycles. The van der Waals surface area contributed by atoms with Crippen molar-refractivity contribution in [2.24, 2.45) is 0 Å². The van der Waals surface area contributed by atoms with E-state index < -0.39 is 9.84 Å². The minimum absolute atomic E-state index is 0.105. The summed E-state index contributed by atoms with van der Waals surface area (Å²) in [6.45, 7) is 4.42. The fraction of sp³-hybridized carbons (Fsp3) is 0.364. The van der Waals surface area contributed by atoms with Crippen molar-refractivity contribution in [3.63, 3.8) is 0 Å². The van der Waals surface area contributed by atoms with Crippen LogP contribution in [-0.4, -0.2) is 37.8 Å². The molecule has 2 aromatic carbocycles. The molecule has 1 aliphatic rings. The van der Waals surface area contributed by atoms with Crippen LogP contribution in [0, 0.1) is 6.92 Å². The highest BCUT2D eigenvalue weighted by molar-refractivity contribution is 8.01. The third kappa shape index (κ3) is 5.64. The van der Waals surface area contributed by atoms with Crippen molar-refractivity contribution in [3.8, 4) is 0 Å². The lowest BCUT2D eigenvalue weighted by Gasteiger charge is -2.23. The summed E-state index contributed by atoms with van der Waals surface area (Å²) in [6, 6.07) is 12.8. The van der Waals surface area contributed by atoms with E-state index in [9.17, 15) is 18.0 Å². The van der Waals surface area contributed by atoms with Crippen LogP contribution in [0.25, 0.3) is 0 Å². The minimum atomic E-state index is -3.63. The molecule has 2 amide bonds. The zero-order chi connectivity index (χ0) is 21.7. The minimum Gasteiger partial charge on any atom is -0.356 e. The van der Waals surface area contributed by atoms with E-state index in [1.54, 1.807) is 12.1 Å². The quantitative estimate of drug-likeness (QED) is 0.649. The second-order valence-corrected chi connectivity index (χ2v) is 10.7. The van der Waals surface area contributed by atoms with Crippen LogP contribution in [0.1, 0.15) is 30.9 Å². The van der Waals surface area contributed by atoms with E-state index in [1.165, 1.54) is 23.4 Å². The summed E-state index contributed by atoms with van der Waals surface area (Å²) in [6.07, 6.45) is 1.29. The monoisotopic (exact) mass is 446 g/mol. The van der Waals surface area contributed by atoms with Crippen LogP contribution in [-0.2, 0) is 25.8 Å². The van der Waals surface area contributed by atoms with Gasteiger partial charge in [-0.05, 0) is 43.5 Å². The molecule has 0 aromatic heterocycles. The van der Waals surface area contributed by atoms with Gasteiger partial charge in [-0.2, -0.15) is 0 Å². The van der Waals surface area contributed by atoms with E-state index in [0.717, 1.165) is 10.5 Å². The Morgan fingerprint density at radius 1 is 1.17 bits per heavy atom. The standard InChI is InChI=1S/C22H26N2O4S2/c1-3-19-22(26)24-18-14-17(8-9-20(18)29-19)30(27,28)13-11-21(25)23-12-10-16-6-4-15(2)5-7-16/h4-9,14,19H,3,10-13H2,1-2H3,(H,23,25)(H,24,26)/t19-/m1/s1. The van der Waals surface area contributed by atoms with Gasteiger partial charge in [0.05, 0.1) is 21.6 Å². The Kier molecular flexibility index (Phi) is 7.20. The lowest BCUT2D eigenvalue weighted by Crippen LogP contribution is -2.29. The molecule has 0 unspecified atom stereocenters. The molecule has 0 saturated carbocycles. The molecule has 0 spiro atoms. The summed E-state index contributed by atoms with van der Waals surface area (Å²) in [5, 5.41) is 5.39. The van der Waals surface area contributed by atoms with Gasteiger partial charge in [-0.25, -0.2) is 8.42 Å². The van der Waals surface area contributed by atoms with Gasteiger partial charge in [0.1, 0.15) is 0 Å². The fourth-order valence-electron chi connectivity index (χ4n) is 3.13. The Labute approximate surface area is 181 Å². The van der Waals surface area contributed by atoms with Crippen molar-refractivity contribution < 1.29 is 18.0 Å². The van der Waals surface area contributed by atoms with Gasteiger partial charge in [-0.15, -0.1) is 11.8 Å². The van der Waals surface area contributed by atoms with Crippen LogP contribution in [0.3, 0.4) is 0 Å². The van der Waals surface area contributed by atoms with Crippen molar-refractivity contribution in [3.05, 3.63) is 53.6 Å². The van der Waals surface area contributed by atoms with Crippen LogP contribution in [0.2, 0.25) is 0 Å². The number of fused-ring (bicyclic) bond motifs is 1. The Morgan fingerprint density at radius 3 is 2.60 bits per heavy atom. The number of carbonyl (C=O) groups is 2. The molecule has 1 aliphatic heterocycles. The first-order valence-corrected chi connectivity index (χ1v) is 12.5. The average molecular weight is 447 g/mol. The zero-order valence-corrected chi connectivity index (χ0v) is 18.7. The first kappa shape index (κ1) is 22.4. The highest BCUT2D eigenvalue weighted by Crippen LogP contribution is 2.38. The normalized spacial score (nSPS) is 15.9. The van der Waals surface area contributed by atoms with Crippen molar-refractivity contribution in [2.45, 2.75) is 48.2 Å². The number of carbonyl (C=O) groups excluding carboxylic acids is 2. The number of rotatable bonds is 8. The van der Waals surface area contributed by atoms with Crippen molar-refractivity contribution in [1.82, 2.24) is 5.32 Å². The van der Waals surface area contributed by atoms with Gasteiger partial charge in [0, 0.05) is 17.9 Å². The first-order valence-electron chi connectivity index (χ1n) is 9.95. The molecular formula is C22H26N2O4S2. The summed E-state index contributed by atoms with van der Waals surface area (Å²) in [5.41, 5.74) is 2.81. The number of hydrogen-bond donors (Lipinski definition) is 2. The Morgan fingerprint density at radius 2 is 1.90 bits per heavy atom. The number of nitrogens with one attached hydrogen (secondary N) is 2. The summed E-state index contributed by atoms with van der Waals surface area (Å²) >= 11 is 1.44. The topological polar surface area (TPSA) is 92.3 Å². The number of benzene rings is 2. The van der Waals surface area contributed by atoms with Gasteiger partial charge in [-0.3, -0.25) is 9.59 Å². The third-order valence-electron chi connectivity index (χ3n) is 4.95. The molecule has 3 rings (SSSR count). The van der Waals surface area contributed by atoms with Crippen molar-refractivity contribution >= 4 is 39.1 Å². The summed E-state index contributed by atoms with van der Waals surface area (Å²) in [5.74, 6) is -0.684. The third-order valence-corrected chi connectivity index (χ3v) is 8.11. The van der Waals surface area contributed by atoms with Gasteiger partial charge in [-0.1, -0.05) is 36.8 Å². The average Bonchev–Trinajstić information content (AvgIpc) is 2.73. The fourth-order valence-corrected chi connectivity index (χ4v) is 5.41. The van der Waals surface area contributed by atoms with Gasteiger partial charge in [0.15, 0.2) is 9.84 Å². The maximum atomic E-state index is 12.7. The van der Waals surface area contributed by atoms with Gasteiger partial charge in [0.25, 0.3) is 0 Å². The highest BCUT2D eigenvalue weighted by atomic mass is 32.2. The van der Waals surface area contributed by atoms with E-state index in [1.807, 2.05) is 38.1 Å². The predicted molar refractivity (Wildman–Crippen MR) is 120 cm³/mol. The highest BCUT2D eigenvalue weighted by Gasteiger charge is 2.27. The number of hydrogen-bond acceptors (Lipinski definition) is 5. The van der Waals surface area contributed by atoms with Crippen molar-refractivity contribution in [1.29, 1.82) is 0 Å². The molecule has 6 nitrogen and oxygen atoms in total. The zero-order valence-electron chi connectivity index (χ0n) is 17.1. The van der Waals surface area contributed by atoms with Crippen LogP contribution < -0.4 is 10.6 Å². The van der Waals surface area contributed by atoms with Crippen LogP contribution in [0.5, 0.6) is 0 Å². The maximum absolute atomic E-state index is 12.7. The van der Waals surface area contributed by atoms with Gasteiger partial charge >= 0.3 is 0 Å². The molecule has 0 radical (unpaired) electrons. The molecule has 2 aromatic rings. The van der Waals surface area contributed by atoms with Crippen molar-refractivity contribution in [2.75, 3.05) is 17.6 Å². The molecule has 160 valence electrons. The molecule has 1 heterocycles. The smallest absolute Gasteiger partial charge is 0.237 e. The SMILES string of the molecule is CC[C@H]1Sc2ccc(S(=O)(=O)CCC(=O)NCCc3ccc(C)cc3)cc2NC1=O. The molecular weight excluding hydrogens is 420 g/mol. The lowest BCUT2D eigenvalue weighted by molar-refractivity contribution is -0.120. The van der Waals surface area contributed by atoms with E-state index in [4.69, 9.17) is 0 Å². The Hall–Kier alpha value is -2.32. The largest absolute Gasteiger partial charge is 0.356 e. The number of aryl methyl sites for hydroxylation is 1. The second-order valence-electron chi connectivity index (χ2n) is 7.32. The first-order chi connectivity index (χ1) is 14.3. The van der Waals surface area contributed by atoms with Gasteiger partial charge < -0.3 is 10.6 Å². The maximum Gasteiger partial charge on any atom is 0.237 e. The Balaban J connectivity index is 1.53. The molecule has 0 fully saturated rings. The Bertz CT molecular complexity index is 1030. The predicted octanol–water partition coefficient (Wildman–Crippen LogP) is 3.34. The molecule has 1 atom stereocenters. The summed E-state index contributed by atoms with van der Waals surface area (Å²) in [7, 11) is -3.63. The van der Waals surface area contributed by atoms with Crippen LogP contribution in [0.4, 0.5) is 5.69 Å². The van der Waals surface area contributed by atoms with E-state index in [2.05, 4.69) is 10.6 Å². The van der Waals surface area contributed by atoms with Gasteiger partial charge in [0.2, 0.25) is 11.8 Å². The number of anilines is 1. The summed E-state index contributed by atoms with van der Waals surface area (Å²) < 4.78 is 25.3. The molecule has 8 heteroatoms. The molecule has 2 N–H and O–H groups in total. The lowest BCUT2D eigenvalue weighted by atomic mass is 10.1. The summed E-state index contributed by atoms with van der Waals surface area (Å²) in [4.78, 5) is 25.1. The number of thioether (sulfide) groups is 1. The molecule has 30 heavy (non-hydrogen) atoms. The van der Waals surface area contributed by atoms with Crippen LogP contribution >= 0.6 is 11.8 Å². The van der Waals surface area contributed by atoms with E-state index in [0.29, 0.717) is 25.1 Å².